The molecule has 148 valence electrons. The largest absolute Gasteiger partial charge is 0.497 e. The lowest BCUT2D eigenvalue weighted by Crippen LogP contribution is -2.35. The number of nitrogens with one attached hydrogen (secondary N) is 3. The summed E-state index contributed by atoms with van der Waals surface area (Å²) >= 11 is 5.18. The average molecular weight is 401 g/mol. The van der Waals surface area contributed by atoms with Gasteiger partial charge < -0.3 is 25.4 Å². The van der Waals surface area contributed by atoms with E-state index < -0.39 is 0 Å². The maximum absolute atomic E-state index is 12.1. The van der Waals surface area contributed by atoms with Crippen molar-refractivity contribution in [2.45, 2.75) is 6.42 Å². The molecule has 0 aliphatic rings. The summed E-state index contributed by atoms with van der Waals surface area (Å²) in [4.78, 5) is 24.2. The first-order valence-electron chi connectivity index (χ1n) is 8.63. The molecule has 0 fully saturated rings. The summed E-state index contributed by atoms with van der Waals surface area (Å²) in [5.41, 5.74) is 1.93. The lowest BCUT2D eigenvalue weighted by atomic mass is 10.1. The van der Waals surface area contributed by atoms with Gasteiger partial charge in [0.1, 0.15) is 5.75 Å². The van der Waals surface area contributed by atoms with Gasteiger partial charge in [-0.3, -0.25) is 9.59 Å². The Morgan fingerprint density at radius 1 is 1.07 bits per heavy atom. The average Bonchev–Trinajstić information content (AvgIpc) is 2.68. The minimum Gasteiger partial charge on any atom is -0.497 e. The highest BCUT2D eigenvalue weighted by Crippen LogP contribution is 2.12. The first kappa shape index (κ1) is 21.3. The standard InChI is InChI=1S/C20H23N3O4S/c1-26-11-10-21-19(25)15-4-3-5-16(13-15)22-20(28)23-18(24)12-14-6-8-17(27-2)9-7-14/h3-9,13H,10-12H2,1-2H3,(H,21,25)(H2,22,23,24,28). The lowest BCUT2D eigenvalue weighted by Gasteiger charge is -2.11. The van der Waals surface area contributed by atoms with Gasteiger partial charge in [-0.2, -0.15) is 0 Å². The van der Waals surface area contributed by atoms with E-state index in [1.165, 1.54) is 0 Å². The zero-order valence-corrected chi connectivity index (χ0v) is 16.6. The molecule has 2 rings (SSSR count). The maximum atomic E-state index is 12.1. The molecule has 0 saturated heterocycles. The van der Waals surface area contributed by atoms with Crippen molar-refractivity contribution in [3.8, 4) is 5.75 Å². The number of ether oxygens (including phenoxy) is 2. The fourth-order valence-electron chi connectivity index (χ4n) is 2.37. The molecule has 0 atom stereocenters. The second kappa shape index (κ2) is 11.0. The highest BCUT2D eigenvalue weighted by Gasteiger charge is 2.09. The third-order valence-corrected chi connectivity index (χ3v) is 3.96. The number of hydrogen-bond acceptors (Lipinski definition) is 5. The van der Waals surface area contributed by atoms with Gasteiger partial charge in [-0.05, 0) is 48.1 Å². The highest BCUT2D eigenvalue weighted by molar-refractivity contribution is 7.80. The molecule has 28 heavy (non-hydrogen) atoms. The van der Waals surface area contributed by atoms with E-state index in [4.69, 9.17) is 21.7 Å². The summed E-state index contributed by atoms with van der Waals surface area (Å²) in [6.07, 6.45) is 0.188. The van der Waals surface area contributed by atoms with Gasteiger partial charge in [-0.25, -0.2) is 0 Å². The maximum Gasteiger partial charge on any atom is 0.251 e. The molecule has 7 nitrogen and oxygen atoms in total. The number of benzene rings is 2. The molecular weight excluding hydrogens is 378 g/mol. The van der Waals surface area contributed by atoms with E-state index in [0.717, 1.165) is 11.3 Å². The Hall–Kier alpha value is -2.97. The number of rotatable bonds is 8. The third-order valence-electron chi connectivity index (χ3n) is 3.75. The number of hydrogen-bond donors (Lipinski definition) is 3. The molecule has 0 aliphatic heterocycles. The number of anilines is 1. The Balaban J connectivity index is 1.87. The van der Waals surface area contributed by atoms with Crippen LogP contribution < -0.4 is 20.7 Å². The fraction of sp³-hybridized carbons (Fsp3) is 0.250. The zero-order valence-electron chi connectivity index (χ0n) is 15.8. The first-order valence-corrected chi connectivity index (χ1v) is 9.03. The van der Waals surface area contributed by atoms with Crippen LogP contribution in [0.4, 0.5) is 5.69 Å². The Bertz CT molecular complexity index is 824. The molecule has 2 aromatic carbocycles. The molecule has 0 radical (unpaired) electrons. The van der Waals surface area contributed by atoms with Gasteiger partial charge in [0.05, 0.1) is 20.1 Å². The van der Waals surface area contributed by atoms with Crippen molar-refractivity contribution in [1.29, 1.82) is 0 Å². The molecule has 0 unspecified atom stereocenters. The quantitative estimate of drug-likeness (QED) is 0.464. The van der Waals surface area contributed by atoms with Gasteiger partial charge in [0.2, 0.25) is 5.91 Å². The number of amides is 2. The molecule has 0 heterocycles. The second-order valence-electron chi connectivity index (χ2n) is 5.86. The van der Waals surface area contributed by atoms with Crippen LogP contribution in [0.15, 0.2) is 48.5 Å². The van der Waals surface area contributed by atoms with Crippen molar-refractivity contribution in [1.82, 2.24) is 10.6 Å². The third kappa shape index (κ3) is 6.98. The van der Waals surface area contributed by atoms with Crippen molar-refractivity contribution in [2.24, 2.45) is 0 Å². The smallest absolute Gasteiger partial charge is 0.251 e. The van der Waals surface area contributed by atoms with Crippen molar-refractivity contribution >= 4 is 34.8 Å². The predicted molar refractivity (Wildman–Crippen MR) is 112 cm³/mol. The number of thiocarbonyl (C=S) groups is 1. The van der Waals surface area contributed by atoms with Crippen LogP contribution in [0.1, 0.15) is 15.9 Å². The molecule has 8 heteroatoms. The Morgan fingerprint density at radius 3 is 2.50 bits per heavy atom. The summed E-state index contributed by atoms with van der Waals surface area (Å²) < 4.78 is 10.00. The molecular formula is C20H23N3O4S. The Morgan fingerprint density at radius 2 is 1.82 bits per heavy atom. The van der Waals surface area contributed by atoms with Gasteiger partial charge >= 0.3 is 0 Å². The van der Waals surface area contributed by atoms with Gasteiger partial charge in [-0.15, -0.1) is 0 Å². The van der Waals surface area contributed by atoms with E-state index in [1.54, 1.807) is 50.6 Å². The summed E-state index contributed by atoms with van der Waals surface area (Å²) in [5.74, 6) is 0.277. The van der Waals surface area contributed by atoms with E-state index in [-0.39, 0.29) is 23.3 Å². The SMILES string of the molecule is COCCNC(=O)c1cccc(NC(=S)NC(=O)Cc2ccc(OC)cc2)c1. The minimum absolute atomic E-state index is 0.162. The molecule has 3 N–H and O–H groups in total. The molecule has 0 bridgehead atoms. The van der Waals surface area contributed by atoms with E-state index in [1.807, 2.05) is 12.1 Å². The summed E-state index contributed by atoms with van der Waals surface area (Å²) in [7, 11) is 3.16. The monoisotopic (exact) mass is 401 g/mol. The van der Waals surface area contributed by atoms with Crippen LogP contribution in [0.3, 0.4) is 0 Å². The van der Waals surface area contributed by atoms with Crippen molar-refractivity contribution < 1.29 is 19.1 Å². The van der Waals surface area contributed by atoms with E-state index in [9.17, 15) is 9.59 Å². The summed E-state index contributed by atoms with van der Waals surface area (Å²) in [6, 6.07) is 14.1. The molecule has 2 amide bonds. The van der Waals surface area contributed by atoms with Gasteiger partial charge in [-0.1, -0.05) is 18.2 Å². The van der Waals surface area contributed by atoms with Gasteiger partial charge in [0.25, 0.3) is 5.91 Å². The molecule has 0 aromatic heterocycles. The predicted octanol–water partition coefficient (Wildman–Crippen LogP) is 2.13. The lowest BCUT2D eigenvalue weighted by molar-refractivity contribution is -0.119. The minimum atomic E-state index is -0.240. The van der Waals surface area contributed by atoms with Crippen LogP contribution in [0.2, 0.25) is 0 Å². The van der Waals surface area contributed by atoms with E-state index in [0.29, 0.717) is 24.4 Å². The zero-order chi connectivity index (χ0) is 20.4. The van der Waals surface area contributed by atoms with Crippen LogP contribution in [-0.4, -0.2) is 44.3 Å². The van der Waals surface area contributed by atoms with E-state index in [2.05, 4.69) is 16.0 Å². The highest BCUT2D eigenvalue weighted by atomic mass is 32.1. The van der Waals surface area contributed by atoms with Crippen molar-refractivity contribution in [3.63, 3.8) is 0 Å². The molecule has 2 aromatic rings. The number of carbonyl (C=O) groups excluding carboxylic acids is 2. The topological polar surface area (TPSA) is 88.7 Å². The Labute approximate surface area is 169 Å². The normalized spacial score (nSPS) is 10.1. The van der Waals surface area contributed by atoms with Crippen LogP contribution in [0.5, 0.6) is 5.75 Å². The van der Waals surface area contributed by atoms with Crippen LogP contribution in [0.25, 0.3) is 0 Å². The Kier molecular flexibility index (Phi) is 8.38. The first-order chi connectivity index (χ1) is 13.5. The fourth-order valence-corrected chi connectivity index (χ4v) is 2.60. The molecule has 0 spiro atoms. The van der Waals surface area contributed by atoms with Crippen molar-refractivity contribution in [3.05, 3.63) is 59.7 Å². The van der Waals surface area contributed by atoms with Crippen LogP contribution in [-0.2, 0) is 16.0 Å². The van der Waals surface area contributed by atoms with Gasteiger partial charge in [0.15, 0.2) is 5.11 Å². The van der Waals surface area contributed by atoms with Crippen LogP contribution >= 0.6 is 12.2 Å². The second-order valence-corrected chi connectivity index (χ2v) is 6.26. The number of carbonyl (C=O) groups is 2. The van der Waals surface area contributed by atoms with Crippen molar-refractivity contribution in [2.75, 3.05) is 32.7 Å². The van der Waals surface area contributed by atoms with Crippen LogP contribution in [0, 0.1) is 0 Å². The summed E-state index contributed by atoms with van der Waals surface area (Å²) in [5, 5.41) is 8.45. The summed E-state index contributed by atoms with van der Waals surface area (Å²) in [6.45, 7) is 0.862. The molecule has 0 aliphatic carbocycles. The van der Waals surface area contributed by atoms with E-state index >= 15 is 0 Å². The molecule has 0 saturated carbocycles. The number of methoxy groups -OCH3 is 2. The van der Waals surface area contributed by atoms with Gasteiger partial charge in [0, 0.05) is 24.9 Å².